The molecule has 2 aromatic carbocycles. The van der Waals surface area contributed by atoms with Gasteiger partial charge in [-0.25, -0.2) is 24.3 Å². The molecule has 6 amide bonds. The van der Waals surface area contributed by atoms with Gasteiger partial charge in [0.1, 0.15) is 18.3 Å². The Morgan fingerprint density at radius 2 is 1.71 bits per heavy atom. The number of alkyl carbamates (subject to hydrolysis) is 1. The van der Waals surface area contributed by atoms with Crippen LogP contribution in [0.4, 0.5) is 26.8 Å². The summed E-state index contributed by atoms with van der Waals surface area (Å²) in [7, 11) is 4.78. The number of anilines is 3. The molecule has 0 radical (unpaired) electrons. The fraction of sp³-hybridized carbons (Fsp3) is 0.440. The minimum atomic E-state index is -1.30. The molecule has 0 bridgehead atoms. The summed E-state index contributed by atoms with van der Waals surface area (Å²) >= 11 is 0. The van der Waals surface area contributed by atoms with Crippen LogP contribution in [0.15, 0.2) is 67.5 Å². The number of hydrogen-bond donors (Lipinski definition) is 5. The van der Waals surface area contributed by atoms with E-state index in [1.165, 1.54) is 43.0 Å². The van der Waals surface area contributed by atoms with E-state index >= 15 is 0 Å². The first-order chi connectivity index (χ1) is 35.1. The molecule has 2 aromatic heterocycles. The molecule has 390 valence electrons. The van der Waals surface area contributed by atoms with Gasteiger partial charge in [0.2, 0.25) is 11.7 Å². The number of aromatic nitrogens is 3. The number of amides is 6. The third kappa shape index (κ3) is 13.1. The lowest BCUT2D eigenvalue weighted by Gasteiger charge is -2.37. The molecule has 4 atom stereocenters. The standard InChI is InChI=1S/C50H61N9O14/c1-6-21-72-49(65)52-30(2)48(64)71-24-11-19-51-44(61)37-25-32(28-56(37)3)31-15-17-33(18-16-31)53-45(62)43-55-40(29-57(43)4)54-41(60)13-10-23-69-39-27-36-34(26-38(39)68-5)46(63)58-20-9-12-35(58)47(59(36)50(66)67)73-42-14-7-8-22-70-42/h6,15-18,25-30,35,42,47H,1,7-14,19-24H2,2-5H3,(H,51,61)(H,52,65)(H,53,62)(H,54,60)(H,66,67). The molecular weight excluding hydrogens is 951 g/mol. The van der Waals surface area contributed by atoms with Crippen molar-refractivity contribution >= 4 is 59.0 Å². The zero-order valence-electron chi connectivity index (χ0n) is 41.2. The third-order valence-electron chi connectivity index (χ3n) is 12.3. The van der Waals surface area contributed by atoms with Gasteiger partial charge in [-0.2, -0.15) is 0 Å². The minimum absolute atomic E-state index is 0.00631. The van der Waals surface area contributed by atoms with E-state index in [1.54, 1.807) is 60.1 Å². The molecule has 2 fully saturated rings. The van der Waals surface area contributed by atoms with E-state index in [4.69, 9.17) is 28.4 Å². The van der Waals surface area contributed by atoms with Crippen LogP contribution in [0.2, 0.25) is 0 Å². The smallest absolute Gasteiger partial charge is 0.414 e. The Balaban J connectivity index is 0.876. The quantitative estimate of drug-likeness (QED) is 0.0396. The van der Waals surface area contributed by atoms with Crippen LogP contribution in [-0.4, -0.2) is 137 Å². The summed E-state index contributed by atoms with van der Waals surface area (Å²) in [6, 6.07) is 10.2. The molecular formula is C50H61N9O14. The maximum Gasteiger partial charge on any atom is 0.414 e. The molecule has 73 heavy (non-hydrogen) atoms. The number of carboxylic acid groups (broad SMARTS) is 1. The number of hydrogen-bond acceptors (Lipinski definition) is 14. The summed E-state index contributed by atoms with van der Waals surface area (Å²) in [5, 5.41) is 21.3. The van der Waals surface area contributed by atoms with E-state index in [0.717, 1.165) is 28.9 Å². The number of aryl methyl sites for hydroxylation is 2. The second-order valence-corrected chi connectivity index (χ2v) is 17.6. The van der Waals surface area contributed by atoms with Gasteiger partial charge < -0.3 is 68.8 Å². The summed E-state index contributed by atoms with van der Waals surface area (Å²) < 4.78 is 36.9. The van der Waals surface area contributed by atoms with E-state index in [2.05, 4.69) is 32.8 Å². The van der Waals surface area contributed by atoms with Gasteiger partial charge in [0.25, 0.3) is 17.7 Å². The fourth-order valence-corrected chi connectivity index (χ4v) is 8.65. The highest BCUT2D eigenvalue weighted by molar-refractivity contribution is 6.06. The van der Waals surface area contributed by atoms with Crippen molar-refractivity contribution in [1.82, 2.24) is 29.7 Å². The van der Waals surface area contributed by atoms with Crippen LogP contribution in [0.5, 0.6) is 11.5 Å². The average Bonchev–Trinajstić information content (AvgIpc) is 4.11. The maximum atomic E-state index is 13.9. The number of carbonyl (C=O) groups is 7. The van der Waals surface area contributed by atoms with Gasteiger partial charge in [-0.05, 0) is 81.7 Å². The first-order valence-corrected chi connectivity index (χ1v) is 24.0. The fourth-order valence-electron chi connectivity index (χ4n) is 8.65. The average molecular weight is 1010 g/mol. The molecule has 0 saturated carbocycles. The Morgan fingerprint density at radius 1 is 0.918 bits per heavy atom. The number of carbonyl (C=O) groups excluding carboxylic acids is 6. The Bertz CT molecular complexity index is 2680. The maximum absolute atomic E-state index is 13.9. The van der Waals surface area contributed by atoms with E-state index in [9.17, 15) is 38.7 Å². The first-order valence-electron chi connectivity index (χ1n) is 24.0. The highest BCUT2D eigenvalue weighted by Gasteiger charge is 2.47. The Labute approximate surface area is 421 Å². The van der Waals surface area contributed by atoms with Crippen molar-refractivity contribution in [2.24, 2.45) is 14.1 Å². The lowest BCUT2D eigenvalue weighted by molar-refractivity contribution is -0.195. The van der Waals surface area contributed by atoms with Crippen molar-refractivity contribution in [3.05, 3.63) is 84.6 Å². The molecule has 2 saturated heterocycles. The zero-order chi connectivity index (χ0) is 52.2. The van der Waals surface area contributed by atoms with E-state index in [1.807, 2.05) is 0 Å². The third-order valence-corrected chi connectivity index (χ3v) is 12.3. The predicted octanol–water partition coefficient (Wildman–Crippen LogP) is 5.42. The molecule has 4 unspecified atom stereocenters. The van der Waals surface area contributed by atoms with E-state index < -0.39 is 54.6 Å². The van der Waals surface area contributed by atoms with Gasteiger partial charge >= 0.3 is 18.2 Å². The van der Waals surface area contributed by atoms with Crippen LogP contribution in [-0.2, 0) is 42.6 Å². The Hall–Kier alpha value is -7.92. The second-order valence-electron chi connectivity index (χ2n) is 17.6. The van der Waals surface area contributed by atoms with Crippen molar-refractivity contribution in [2.75, 3.05) is 62.2 Å². The summed E-state index contributed by atoms with van der Waals surface area (Å²) in [6.07, 6.45) is 5.22. The van der Waals surface area contributed by atoms with Crippen LogP contribution in [0.3, 0.4) is 0 Å². The van der Waals surface area contributed by atoms with Gasteiger partial charge in [-0.1, -0.05) is 24.8 Å². The lowest BCUT2D eigenvalue weighted by Crippen LogP contribution is -2.53. The monoisotopic (exact) mass is 1010 g/mol. The highest BCUT2D eigenvalue weighted by atomic mass is 16.7. The molecule has 0 aliphatic carbocycles. The molecule has 5 heterocycles. The molecule has 7 rings (SSSR count). The molecule has 0 spiro atoms. The highest BCUT2D eigenvalue weighted by Crippen LogP contribution is 2.42. The van der Waals surface area contributed by atoms with Gasteiger partial charge in [-0.3, -0.25) is 19.2 Å². The van der Waals surface area contributed by atoms with Crippen molar-refractivity contribution in [1.29, 1.82) is 0 Å². The molecule has 23 heteroatoms. The number of benzene rings is 2. The van der Waals surface area contributed by atoms with E-state index in [0.29, 0.717) is 50.2 Å². The van der Waals surface area contributed by atoms with Crippen molar-refractivity contribution in [3.63, 3.8) is 0 Å². The number of fused-ring (bicyclic) bond motifs is 2. The van der Waals surface area contributed by atoms with Gasteiger partial charge in [0, 0.05) is 69.9 Å². The number of nitrogens with zero attached hydrogens (tertiary/aromatic N) is 5. The van der Waals surface area contributed by atoms with Crippen molar-refractivity contribution in [2.45, 2.75) is 82.9 Å². The number of ether oxygens (including phenoxy) is 6. The molecule has 23 nitrogen and oxygen atoms in total. The zero-order valence-corrected chi connectivity index (χ0v) is 41.2. The van der Waals surface area contributed by atoms with Gasteiger partial charge in [0.05, 0.1) is 37.6 Å². The van der Waals surface area contributed by atoms with Crippen LogP contribution >= 0.6 is 0 Å². The van der Waals surface area contributed by atoms with Crippen LogP contribution in [0.1, 0.15) is 89.8 Å². The number of rotatable bonds is 21. The SMILES string of the molecule is C=CCOC(=O)NC(C)C(=O)OCCCNC(=O)c1cc(-c2ccc(NC(=O)c3nc(NC(=O)CCCOc4cc5c(cc4OC)C(=O)N4CCCC4C(OC4CCCCO4)N5C(=O)O)cn3C)cc2)cn1C. The molecule has 4 aromatic rings. The summed E-state index contributed by atoms with van der Waals surface area (Å²) in [4.78, 5) is 97.1. The van der Waals surface area contributed by atoms with Crippen molar-refractivity contribution in [3.8, 4) is 22.6 Å². The second kappa shape index (κ2) is 24.5. The van der Waals surface area contributed by atoms with Gasteiger partial charge in [-0.15, -0.1) is 0 Å². The number of nitrogens with one attached hydrogen (secondary N) is 4. The van der Waals surface area contributed by atoms with Gasteiger partial charge in [0.15, 0.2) is 29.8 Å². The largest absolute Gasteiger partial charge is 0.493 e. The normalized spacial score (nSPS) is 17.5. The Kier molecular flexibility index (Phi) is 17.7. The molecule has 3 aliphatic heterocycles. The number of imidazole rings is 1. The summed E-state index contributed by atoms with van der Waals surface area (Å²) in [6.45, 7) is 6.16. The van der Waals surface area contributed by atoms with Crippen LogP contribution < -0.4 is 35.6 Å². The summed E-state index contributed by atoms with van der Waals surface area (Å²) in [5.74, 6) is -1.62. The molecule has 3 aliphatic rings. The summed E-state index contributed by atoms with van der Waals surface area (Å²) in [5.41, 5.74) is 2.65. The van der Waals surface area contributed by atoms with E-state index in [-0.39, 0.29) is 85.4 Å². The number of esters is 1. The topological polar surface area (TPSA) is 272 Å². The minimum Gasteiger partial charge on any atom is -0.493 e. The number of methoxy groups -OCH3 is 1. The Morgan fingerprint density at radius 3 is 2.44 bits per heavy atom. The molecule has 5 N–H and O–H groups in total. The first kappa shape index (κ1) is 52.9. The predicted molar refractivity (Wildman–Crippen MR) is 263 cm³/mol. The van der Waals surface area contributed by atoms with Crippen LogP contribution in [0, 0.1) is 0 Å². The van der Waals surface area contributed by atoms with Crippen molar-refractivity contribution < 1.29 is 67.1 Å². The van der Waals surface area contributed by atoms with Crippen LogP contribution in [0.25, 0.3) is 11.1 Å². The lowest BCUT2D eigenvalue weighted by atomic mass is 10.1.